The van der Waals surface area contributed by atoms with E-state index in [2.05, 4.69) is 15.5 Å². The summed E-state index contributed by atoms with van der Waals surface area (Å²) in [6, 6.07) is 6.87. The molecular formula is C13H15N3O2. The standard InChI is InChI=1S/C13H15N3O2/c17-11-5-1-3-9(7-11)12-15-13(18-16-12)10-4-2-6-14-8-10/h1,3,5,7,10,14,17H,2,4,6,8H2/t10-/m1/s1. The SMILES string of the molecule is Oc1cccc(-c2noc([C@@H]3CCCNC3)n2)c1. The van der Waals surface area contributed by atoms with Crippen LogP contribution in [0.2, 0.25) is 0 Å². The van der Waals surface area contributed by atoms with Crippen LogP contribution in [0.15, 0.2) is 28.8 Å². The van der Waals surface area contributed by atoms with Gasteiger partial charge in [-0.1, -0.05) is 17.3 Å². The average molecular weight is 245 g/mol. The molecule has 0 amide bonds. The van der Waals surface area contributed by atoms with Gasteiger partial charge in [-0.05, 0) is 31.5 Å². The summed E-state index contributed by atoms with van der Waals surface area (Å²) in [5.74, 6) is 1.72. The number of aromatic hydroxyl groups is 1. The lowest BCUT2D eigenvalue weighted by Gasteiger charge is -2.18. The molecular weight excluding hydrogens is 230 g/mol. The Morgan fingerprint density at radius 3 is 3.11 bits per heavy atom. The van der Waals surface area contributed by atoms with Crippen molar-refractivity contribution in [3.8, 4) is 17.1 Å². The van der Waals surface area contributed by atoms with Crippen molar-refractivity contribution < 1.29 is 9.63 Å². The van der Waals surface area contributed by atoms with Crippen LogP contribution in [-0.4, -0.2) is 28.3 Å². The summed E-state index contributed by atoms with van der Waals surface area (Å²) in [4.78, 5) is 4.42. The number of phenolic OH excluding ortho intramolecular Hbond substituents is 1. The van der Waals surface area contributed by atoms with E-state index in [9.17, 15) is 5.11 Å². The van der Waals surface area contributed by atoms with E-state index in [0.29, 0.717) is 17.6 Å². The Balaban J connectivity index is 1.84. The van der Waals surface area contributed by atoms with E-state index in [-0.39, 0.29) is 5.75 Å². The Morgan fingerprint density at radius 1 is 1.39 bits per heavy atom. The second-order valence-electron chi connectivity index (χ2n) is 4.55. The summed E-state index contributed by atoms with van der Waals surface area (Å²) in [6.07, 6.45) is 2.21. The first kappa shape index (κ1) is 11.2. The van der Waals surface area contributed by atoms with Crippen LogP contribution in [0.5, 0.6) is 5.75 Å². The molecule has 1 aromatic heterocycles. The van der Waals surface area contributed by atoms with E-state index in [0.717, 1.165) is 31.5 Å². The van der Waals surface area contributed by atoms with E-state index >= 15 is 0 Å². The van der Waals surface area contributed by atoms with Crippen molar-refractivity contribution in [3.63, 3.8) is 0 Å². The quantitative estimate of drug-likeness (QED) is 0.845. The summed E-state index contributed by atoms with van der Waals surface area (Å²) in [5.41, 5.74) is 0.772. The fraction of sp³-hybridized carbons (Fsp3) is 0.385. The maximum absolute atomic E-state index is 9.43. The van der Waals surface area contributed by atoms with E-state index < -0.39 is 0 Å². The number of benzene rings is 1. The monoisotopic (exact) mass is 245 g/mol. The normalized spacial score (nSPS) is 19.9. The molecule has 18 heavy (non-hydrogen) atoms. The summed E-state index contributed by atoms with van der Waals surface area (Å²) in [6.45, 7) is 1.95. The first-order chi connectivity index (χ1) is 8.83. The Labute approximate surface area is 105 Å². The highest BCUT2D eigenvalue weighted by Gasteiger charge is 2.21. The molecule has 2 N–H and O–H groups in total. The zero-order chi connectivity index (χ0) is 12.4. The third-order valence-electron chi connectivity index (χ3n) is 3.19. The lowest BCUT2D eigenvalue weighted by molar-refractivity contribution is 0.322. The highest BCUT2D eigenvalue weighted by Crippen LogP contribution is 2.25. The van der Waals surface area contributed by atoms with Crippen LogP contribution in [0.1, 0.15) is 24.7 Å². The second kappa shape index (κ2) is 4.78. The van der Waals surface area contributed by atoms with Gasteiger partial charge in [-0.25, -0.2) is 0 Å². The van der Waals surface area contributed by atoms with Gasteiger partial charge in [0.05, 0.1) is 5.92 Å². The minimum Gasteiger partial charge on any atom is -0.508 e. The topological polar surface area (TPSA) is 71.2 Å². The summed E-state index contributed by atoms with van der Waals surface area (Å²) in [5, 5.41) is 16.7. The van der Waals surface area contributed by atoms with Crippen molar-refractivity contribution in [3.05, 3.63) is 30.2 Å². The molecule has 94 valence electrons. The Morgan fingerprint density at radius 2 is 2.33 bits per heavy atom. The molecule has 0 bridgehead atoms. The van der Waals surface area contributed by atoms with Crippen LogP contribution in [0.25, 0.3) is 11.4 Å². The molecule has 1 saturated heterocycles. The van der Waals surface area contributed by atoms with Crippen molar-refractivity contribution in [2.75, 3.05) is 13.1 Å². The predicted octanol–water partition coefficient (Wildman–Crippen LogP) is 1.91. The number of hydrogen-bond donors (Lipinski definition) is 2. The van der Waals surface area contributed by atoms with Gasteiger partial charge >= 0.3 is 0 Å². The van der Waals surface area contributed by atoms with E-state index in [1.165, 1.54) is 0 Å². The molecule has 2 aromatic rings. The molecule has 0 spiro atoms. The van der Waals surface area contributed by atoms with Crippen LogP contribution in [0.3, 0.4) is 0 Å². The molecule has 0 radical (unpaired) electrons. The summed E-state index contributed by atoms with van der Waals surface area (Å²) < 4.78 is 5.32. The first-order valence-corrected chi connectivity index (χ1v) is 6.16. The molecule has 1 aromatic carbocycles. The average Bonchev–Trinajstić information content (AvgIpc) is 2.89. The summed E-state index contributed by atoms with van der Waals surface area (Å²) in [7, 11) is 0. The van der Waals surface area contributed by atoms with Gasteiger partial charge < -0.3 is 14.9 Å². The van der Waals surface area contributed by atoms with E-state index in [1.807, 2.05) is 6.07 Å². The number of piperidine rings is 1. The van der Waals surface area contributed by atoms with Crippen LogP contribution >= 0.6 is 0 Å². The molecule has 3 rings (SSSR count). The minimum atomic E-state index is 0.207. The van der Waals surface area contributed by atoms with Crippen molar-refractivity contribution in [2.24, 2.45) is 0 Å². The fourth-order valence-electron chi connectivity index (χ4n) is 2.23. The zero-order valence-electron chi connectivity index (χ0n) is 9.97. The van der Waals surface area contributed by atoms with E-state index in [4.69, 9.17) is 4.52 Å². The lowest BCUT2D eigenvalue weighted by Crippen LogP contribution is -2.28. The molecule has 1 fully saturated rings. The zero-order valence-corrected chi connectivity index (χ0v) is 9.97. The van der Waals surface area contributed by atoms with Crippen molar-refractivity contribution >= 4 is 0 Å². The minimum absolute atomic E-state index is 0.207. The molecule has 1 atom stereocenters. The predicted molar refractivity (Wildman–Crippen MR) is 66.2 cm³/mol. The van der Waals surface area contributed by atoms with Crippen LogP contribution < -0.4 is 5.32 Å². The smallest absolute Gasteiger partial charge is 0.231 e. The van der Waals surface area contributed by atoms with Gasteiger partial charge in [0.15, 0.2) is 0 Å². The lowest BCUT2D eigenvalue weighted by atomic mass is 10.00. The molecule has 1 aliphatic heterocycles. The molecule has 0 unspecified atom stereocenters. The van der Waals surface area contributed by atoms with Gasteiger partial charge in [0.2, 0.25) is 11.7 Å². The second-order valence-corrected chi connectivity index (χ2v) is 4.55. The summed E-state index contributed by atoms with van der Waals surface area (Å²) >= 11 is 0. The Hall–Kier alpha value is -1.88. The van der Waals surface area contributed by atoms with Gasteiger partial charge in [-0.3, -0.25) is 0 Å². The number of nitrogens with zero attached hydrogens (tertiary/aromatic N) is 2. The van der Waals surface area contributed by atoms with Crippen molar-refractivity contribution in [2.45, 2.75) is 18.8 Å². The number of phenols is 1. The molecule has 5 nitrogen and oxygen atoms in total. The van der Waals surface area contributed by atoms with Crippen LogP contribution in [0, 0.1) is 0 Å². The number of nitrogens with one attached hydrogen (secondary N) is 1. The van der Waals surface area contributed by atoms with E-state index in [1.54, 1.807) is 18.2 Å². The van der Waals surface area contributed by atoms with Gasteiger partial charge in [-0.2, -0.15) is 4.98 Å². The third-order valence-corrected chi connectivity index (χ3v) is 3.19. The van der Waals surface area contributed by atoms with Gasteiger partial charge in [-0.15, -0.1) is 0 Å². The molecule has 2 heterocycles. The Bertz CT molecular complexity index is 533. The fourth-order valence-corrected chi connectivity index (χ4v) is 2.23. The molecule has 1 aliphatic rings. The molecule has 0 aliphatic carbocycles. The number of rotatable bonds is 2. The van der Waals surface area contributed by atoms with Crippen molar-refractivity contribution in [1.29, 1.82) is 0 Å². The third kappa shape index (κ3) is 2.22. The van der Waals surface area contributed by atoms with Gasteiger partial charge in [0, 0.05) is 12.1 Å². The van der Waals surface area contributed by atoms with Crippen LogP contribution in [0.4, 0.5) is 0 Å². The van der Waals surface area contributed by atoms with Crippen LogP contribution in [-0.2, 0) is 0 Å². The number of aromatic nitrogens is 2. The highest BCUT2D eigenvalue weighted by molar-refractivity contribution is 5.56. The van der Waals surface area contributed by atoms with Gasteiger partial charge in [0.25, 0.3) is 0 Å². The highest BCUT2D eigenvalue weighted by atomic mass is 16.5. The maximum Gasteiger partial charge on any atom is 0.231 e. The number of hydrogen-bond acceptors (Lipinski definition) is 5. The van der Waals surface area contributed by atoms with Crippen molar-refractivity contribution in [1.82, 2.24) is 15.5 Å². The first-order valence-electron chi connectivity index (χ1n) is 6.16. The molecule has 5 heteroatoms. The molecule has 0 saturated carbocycles. The largest absolute Gasteiger partial charge is 0.508 e. The maximum atomic E-state index is 9.43. The van der Waals surface area contributed by atoms with Gasteiger partial charge in [0.1, 0.15) is 5.75 Å². The Kier molecular flexibility index (Phi) is 2.98.